The highest BCUT2D eigenvalue weighted by molar-refractivity contribution is 7.11. The minimum Gasteiger partial charge on any atom is -0.426 e. The number of para-hydroxylation sites is 1. The van der Waals surface area contributed by atoms with Crippen molar-refractivity contribution >= 4 is 23.2 Å². The van der Waals surface area contributed by atoms with E-state index in [1.807, 2.05) is 37.3 Å². The average Bonchev–Trinajstić information content (AvgIpc) is 2.95. The van der Waals surface area contributed by atoms with Gasteiger partial charge in [-0.25, -0.2) is 0 Å². The Morgan fingerprint density at radius 3 is 2.59 bits per heavy atom. The lowest BCUT2D eigenvalue weighted by Gasteiger charge is -2.11. The van der Waals surface area contributed by atoms with Crippen LogP contribution in [0, 0.1) is 13.8 Å². The lowest BCUT2D eigenvalue weighted by atomic mass is 10.1. The first-order chi connectivity index (χ1) is 13.8. The maximum absolute atomic E-state index is 12.6. The monoisotopic (exact) mass is 410 g/mol. The van der Waals surface area contributed by atoms with Crippen LogP contribution in [0.4, 0.5) is 0 Å². The highest BCUT2D eigenvalue weighted by atomic mass is 32.1. The van der Waals surface area contributed by atoms with Gasteiger partial charge in [-0.05, 0) is 25.5 Å². The number of aromatic nitrogens is 1. The Kier molecular flexibility index (Phi) is 6.29. The lowest BCUT2D eigenvalue weighted by molar-refractivity contribution is -0.131. The molecular weight excluding hydrogens is 388 g/mol. The van der Waals surface area contributed by atoms with E-state index in [-0.39, 0.29) is 17.3 Å². The van der Waals surface area contributed by atoms with E-state index in [1.54, 1.807) is 25.1 Å². The van der Waals surface area contributed by atoms with Crippen molar-refractivity contribution in [1.82, 2.24) is 9.88 Å². The molecule has 0 unspecified atom stereocenters. The minimum atomic E-state index is -0.428. The molecule has 0 saturated heterocycles. The van der Waals surface area contributed by atoms with Gasteiger partial charge in [0, 0.05) is 24.7 Å². The van der Waals surface area contributed by atoms with Gasteiger partial charge in [-0.15, -0.1) is 0 Å². The summed E-state index contributed by atoms with van der Waals surface area (Å²) in [7, 11) is 0. The molecule has 0 aliphatic carbocycles. The van der Waals surface area contributed by atoms with Crippen molar-refractivity contribution in [2.45, 2.75) is 33.9 Å². The van der Waals surface area contributed by atoms with Gasteiger partial charge in [0.2, 0.25) is 0 Å². The Hall–Kier alpha value is -3.19. The van der Waals surface area contributed by atoms with Crippen LogP contribution in [0.15, 0.2) is 53.3 Å². The zero-order valence-corrected chi connectivity index (χ0v) is 17.3. The van der Waals surface area contributed by atoms with Crippen LogP contribution < -0.4 is 14.9 Å². The summed E-state index contributed by atoms with van der Waals surface area (Å²) in [4.78, 5) is 36.6. The van der Waals surface area contributed by atoms with E-state index >= 15 is 0 Å². The zero-order chi connectivity index (χ0) is 21.0. The third-order valence-electron chi connectivity index (χ3n) is 4.44. The highest BCUT2D eigenvalue weighted by Crippen LogP contribution is 2.21. The van der Waals surface area contributed by atoms with E-state index < -0.39 is 5.97 Å². The van der Waals surface area contributed by atoms with Gasteiger partial charge in [-0.3, -0.25) is 19.0 Å². The van der Waals surface area contributed by atoms with E-state index in [2.05, 4.69) is 5.32 Å². The number of nitrogens with zero attached hydrogens (tertiary/aromatic N) is 1. The molecule has 1 N–H and O–H groups in total. The zero-order valence-electron chi connectivity index (χ0n) is 16.5. The van der Waals surface area contributed by atoms with Crippen LogP contribution >= 0.6 is 11.3 Å². The molecular formula is C22H22N2O4S. The Bertz CT molecular complexity index is 1110. The summed E-state index contributed by atoms with van der Waals surface area (Å²) in [5.41, 5.74) is 3.39. The second kappa shape index (κ2) is 8.87. The van der Waals surface area contributed by atoms with E-state index in [0.29, 0.717) is 28.4 Å². The normalized spacial score (nSPS) is 10.6. The molecule has 6 nitrogen and oxygen atoms in total. The number of thiazole rings is 1. The Morgan fingerprint density at radius 2 is 1.86 bits per heavy atom. The Morgan fingerprint density at radius 1 is 1.10 bits per heavy atom. The average molecular weight is 410 g/mol. The molecule has 150 valence electrons. The van der Waals surface area contributed by atoms with Gasteiger partial charge < -0.3 is 10.1 Å². The smallest absolute Gasteiger partial charge is 0.308 e. The van der Waals surface area contributed by atoms with Crippen molar-refractivity contribution in [2.75, 3.05) is 0 Å². The molecule has 0 spiro atoms. The number of ether oxygens (including phenoxy) is 1. The second-order valence-electron chi connectivity index (χ2n) is 6.74. The maximum Gasteiger partial charge on any atom is 0.308 e. The molecule has 0 aliphatic heterocycles. The van der Waals surface area contributed by atoms with Crippen LogP contribution in [-0.4, -0.2) is 16.4 Å². The number of carbonyl (C=O) groups is 2. The Balaban J connectivity index is 1.79. The number of rotatable bonds is 6. The van der Waals surface area contributed by atoms with Gasteiger partial charge in [-0.2, -0.15) is 0 Å². The molecule has 0 bridgehead atoms. The van der Waals surface area contributed by atoms with Gasteiger partial charge in [0.05, 0.1) is 6.54 Å². The summed E-state index contributed by atoms with van der Waals surface area (Å²) < 4.78 is 6.74. The summed E-state index contributed by atoms with van der Waals surface area (Å²) >= 11 is 0.914. The van der Waals surface area contributed by atoms with Crippen molar-refractivity contribution in [3.05, 3.63) is 85.5 Å². The van der Waals surface area contributed by atoms with Crippen molar-refractivity contribution in [2.24, 2.45) is 0 Å². The summed E-state index contributed by atoms with van der Waals surface area (Å²) in [6.07, 6.45) is 0. The fourth-order valence-electron chi connectivity index (χ4n) is 3.01. The standard InChI is InChI=1S/C22H22N2O4S/c1-14-7-6-8-17(11-14)12-23-21(26)20-15(2)24(22(27)29-20)13-18-9-4-5-10-19(18)28-16(3)25/h4-11H,12-13H2,1-3H3,(H,23,26). The first kappa shape index (κ1) is 20.5. The maximum atomic E-state index is 12.6. The Labute approximate surface area is 172 Å². The van der Waals surface area contributed by atoms with Crippen molar-refractivity contribution in [3.63, 3.8) is 0 Å². The van der Waals surface area contributed by atoms with Crippen LogP contribution in [0.5, 0.6) is 5.75 Å². The van der Waals surface area contributed by atoms with E-state index in [1.165, 1.54) is 11.5 Å². The second-order valence-corrected chi connectivity index (χ2v) is 7.70. The SMILES string of the molecule is CC(=O)Oc1ccccc1Cn1c(C)c(C(=O)NCc2cccc(C)c2)sc1=O. The first-order valence-electron chi connectivity index (χ1n) is 9.15. The molecule has 0 saturated carbocycles. The first-order valence-corrected chi connectivity index (χ1v) is 9.97. The quantitative estimate of drug-likeness (QED) is 0.499. The number of hydrogen-bond acceptors (Lipinski definition) is 5. The number of benzene rings is 2. The topological polar surface area (TPSA) is 77.4 Å². The molecule has 1 aromatic heterocycles. The molecule has 29 heavy (non-hydrogen) atoms. The van der Waals surface area contributed by atoms with Crippen molar-refractivity contribution in [1.29, 1.82) is 0 Å². The van der Waals surface area contributed by atoms with Gasteiger partial charge in [0.15, 0.2) is 0 Å². The molecule has 3 rings (SSSR count). The van der Waals surface area contributed by atoms with E-state index in [0.717, 1.165) is 22.5 Å². The summed E-state index contributed by atoms with van der Waals surface area (Å²) in [5.74, 6) is -0.302. The number of hydrogen-bond donors (Lipinski definition) is 1. The fourth-order valence-corrected chi connectivity index (χ4v) is 3.92. The molecule has 7 heteroatoms. The highest BCUT2D eigenvalue weighted by Gasteiger charge is 2.19. The van der Waals surface area contributed by atoms with Gasteiger partial charge in [0.25, 0.3) is 5.91 Å². The van der Waals surface area contributed by atoms with Crippen LogP contribution in [0.1, 0.15) is 39.0 Å². The van der Waals surface area contributed by atoms with Crippen LogP contribution in [0.3, 0.4) is 0 Å². The summed E-state index contributed by atoms with van der Waals surface area (Å²) in [6.45, 7) is 5.68. The number of carbonyl (C=O) groups excluding carboxylic acids is 2. The molecule has 0 atom stereocenters. The number of aryl methyl sites for hydroxylation is 1. The van der Waals surface area contributed by atoms with Gasteiger partial charge in [-0.1, -0.05) is 59.4 Å². The largest absolute Gasteiger partial charge is 0.426 e. The number of nitrogens with one attached hydrogen (secondary N) is 1. The van der Waals surface area contributed by atoms with Crippen LogP contribution in [-0.2, 0) is 17.9 Å². The minimum absolute atomic E-state index is 0.218. The fraction of sp³-hybridized carbons (Fsp3) is 0.227. The molecule has 1 heterocycles. The predicted molar refractivity (Wildman–Crippen MR) is 113 cm³/mol. The van der Waals surface area contributed by atoms with Crippen LogP contribution in [0.25, 0.3) is 0 Å². The molecule has 2 aromatic carbocycles. The van der Waals surface area contributed by atoms with Gasteiger partial charge >= 0.3 is 10.8 Å². The van der Waals surface area contributed by atoms with Crippen molar-refractivity contribution < 1.29 is 14.3 Å². The third kappa shape index (κ3) is 5.00. The lowest BCUT2D eigenvalue weighted by Crippen LogP contribution is -2.23. The molecule has 0 aliphatic rings. The number of amides is 1. The van der Waals surface area contributed by atoms with Crippen LogP contribution in [0.2, 0.25) is 0 Å². The summed E-state index contributed by atoms with van der Waals surface area (Å²) in [5, 5.41) is 2.88. The van der Waals surface area contributed by atoms with Crippen molar-refractivity contribution in [3.8, 4) is 5.75 Å². The predicted octanol–water partition coefficient (Wildman–Crippen LogP) is 3.43. The molecule has 3 aromatic rings. The number of esters is 1. The summed E-state index contributed by atoms with van der Waals surface area (Å²) in [6, 6.07) is 14.9. The van der Waals surface area contributed by atoms with E-state index in [9.17, 15) is 14.4 Å². The molecule has 0 fully saturated rings. The molecule has 0 radical (unpaired) electrons. The van der Waals surface area contributed by atoms with Gasteiger partial charge in [0.1, 0.15) is 10.6 Å². The third-order valence-corrected chi connectivity index (χ3v) is 5.52. The van der Waals surface area contributed by atoms with E-state index in [4.69, 9.17) is 4.74 Å². The molecule has 1 amide bonds.